The maximum Gasteiger partial charge on any atom is 0.276 e. The number of carbonyl (C=O) groups is 3. The van der Waals surface area contributed by atoms with Crippen LogP contribution in [0.15, 0.2) is 54.7 Å². The monoisotopic (exact) mass is 763 g/mol. The quantitative estimate of drug-likeness (QED) is 0.0808. The lowest BCUT2D eigenvalue weighted by Crippen LogP contribution is -2.25. The highest BCUT2D eigenvalue weighted by Crippen LogP contribution is 2.31. The molecule has 0 saturated carbocycles. The lowest BCUT2D eigenvalue weighted by molar-refractivity contribution is 0.0994. The van der Waals surface area contributed by atoms with E-state index in [1.807, 2.05) is 55.0 Å². The van der Waals surface area contributed by atoms with E-state index in [0.717, 1.165) is 31.7 Å². The molecule has 0 atom stereocenters. The number of nitrogens with two attached hydrogens (primary N) is 1. The summed E-state index contributed by atoms with van der Waals surface area (Å²) in [6.45, 7) is 16.4. The molecule has 56 heavy (non-hydrogen) atoms. The van der Waals surface area contributed by atoms with Crippen molar-refractivity contribution in [1.29, 1.82) is 0 Å². The van der Waals surface area contributed by atoms with E-state index in [1.165, 1.54) is 0 Å². The zero-order valence-electron chi connectivity index (χ0n) is 32.7. The molecule has 4 N–H and O–H groups in total. The topological polar surface area (TPSA) is 198 Å². The van der Waals surface area contributed by atoms with Gasteiger partial charge in [0.25, 0.3) is 11.8 Å². The van der Waals surface area contributed by atoms with Crippen LogP contribution in [0.5, 0.6) is 5.75 Å². The van der Waals surface area contributed by atoms with E-state index in [9.17, 15) is 14.4 Å². The van der Waals surface area contributed by atoms with Gasteiger partial charge in [-0.05, 0) is 83.6 Å². The average Bonchev–Trinajstić information content (AvgIpc) is 3.95. The highest BCUT2D eigenvalue weighted by Gasteiger charge is 2.22. The summed E-state index contributed by atoms with van der Waals surface area (Å²) in [4.78, 5) is 55.8. The van der Waals surface area contributed by atoms with Gasteiger partial charge in [0, 0.05) is 44.5 Å². The average molecular weight is 764 g/mol. The number of allylic oxidation sites excluding steroid dienone is 2. The number of primary amides is 1. The number of nitrogens with one attached hydrogen (secondary N) is 2. The van der Waals surface area contributed by atoms with Gasteiger partial charge >= 0.3 is 0 Å². The Bertz CT molecular complexity index is 2400. The van der Waals surface area contributed by atoms with Crippen LogP contribution in [0.1, 0.15) is 76.8 Å². The standard InChI is InChI=1S/C39H49N13O4/c1-7-48(8-2)17-14-20-56-32-24-27(34(40)53)23-29-33(32)49(38(43-29)44-36(54)30-21-25(5)46-51(30)9-3)18-11-12-19-50-35-28(15-13-16-41-35)42-39(50)45-37(55)31-22-26(6)47-52(31)10-4/h11-13,15-16,21-24H,7-10,14,17-20H2,1-6H3,(H2,40,53)(H,42,45,55)(H,43,44,54)/b12-11+. The van der Waals surface area contributed by atoms with Gasteiger partial charge in [-0.25, -0.2) is 15.0 Å². The summed E-state index contributed by atoms with van der Waals surface area (Å²) in [5, 5.41) is 14.8. The summed E-state index contributed by atoms with van der Waals surface area (Å²) >= 11 is 0. The maximum atomic E-state index is 13.7. The molecule has 0 fully saturated rings. The molecular formula is C39H49N13O4. The summed E-state index contributed by atoms with van der Waals surface area (Å²) in [6, 6.07) is 10.3. The zero-order chi connectivity index (χ0) is 39.9. The second-order valence-electron chi connectivity index (χ2n) is 13.2. The predicted octanol–water partition coefficient (Wildman–Crippen LogP) is 4.80. The number of pyridine rings is 1. The highest BCUT2D eigenvalue weighted by atomic mass is 16.5. The Morgan fingerprint density at radius 3 is 2.00 bits per heavy atom. The van der Waals surface area contributed by atoms with E-state index in [4.69, 9.17) is 15.5 Å². The first-order chi connectivity index (χ1) is 27.0. The molecule has 17 heteroatoms. The van der Waals surface area contributed by atoms with Gasteiger partial charge < -0.3 is 19.9 Å². The number of fused-ring (bicyclic) bond motifs is 2. The number of rotatable bonds is 18. The number of hydrogen-bond acceptors (Lipinski definition) is 10. The largest absolute Gasteiger partial charge is 0.491 e. The second kappa shape index (κ2) is 17.4. The SMILES string of the molecule is CCN(CC)CCCOc1cc(C(N)=O)cc2nc(NC(=O)c3cc(C)nn3CC)n(C/C=C/Cn3c(NC(=O)c4cc(C)nn4CC)nc4cccnc43)c12. The number of benzene rings is 1. The Balaban J connectivity index is 1.34. The van der Waals surface area contributed by atoms with E-state index >= 15 is 0 Å². The molecule has 6 rings (SSSR count). The van der Waals surface area contributed by atoms with Gasteiger partial charge in [-0.2, -0.15) is 10.2 Å². The van der Waals surface area contributed by atoms with Crippen molar-refractivity contribution in [3.63, 3.8) is 0 Å². The molecule has 6 aromatic rings. The fourth-order valence-electron chi connectivity index (χ4n) is 6.62. The molecule has 5 heterocycles. The van der Waals surface area contributed by atoms with Gasteiger partial charge in [0.15, 0.2) is 5.65 Å². The van der Waals surface area contributed by atoms with Crippen LogP contribution in [0.3, 0.4) is 0 Å². The molecule has 1 aromatic carbocycles. The number of ether oxygens (including phenoxy) is 1. The molecule has 17 nitrogen and oxygen atoms in total. The van der Waals surface area contributed by atoms with Gasteiger partial charge in [0.05, 0.1) is 23.5 Å². The Morgan fingerprint density at radius 1 is 0.821 bits per heavy atom. The summed E-state index contributed by atoms with van der Waals surface area (Å²) in [5.74, 6) is -0.350. The first-order valence-corrected chi connectivity index (χ1v) is 18.9. The third-order valence-electron chi connectivity index (χ3n) is 9.43. The van der Waals surface area contributed by atoms with Crippen LogP contribution >= 0.6 is 0 Å². The minimum Gasteiger partial charge on any atom is -0.491 e. The maximum absolute atomic E-state index is 13.7. The number of aromatic nitrogens is 9. The summed E-state index contributed by atoms with van der Waals surface area (Å²) < 4.78 is 13.3. The van der Waals surface area contributed by atoms with Gasteiger partial charge in [-0.1, -0.05) is 26.0 Å². The Kier molecular flexibility index (Phi) is 12.2. The molecule has 5 aromatic heterocycles. The van der Waals surface area contributed by atoms with Crippen molar-refractivity contribution in [2.75, 3.05) is 36.9 Å². The third kappa shape index (κ3) is 8.47. The number of imidazole rings is 2. The summed E-state index contributed by atoms with van der Waals surface area (Å²) in [6.07, 6.45) is 6.27. The van der Waals surface area contributed by atoms with Gasteiger partial charge in [0.1, 0.15) is 28.2 Å². The van der Waals surface area contributed by atoms with Crippen molar-refractivity contribution < 1.29 is 19.1 Å². The number of anilines is 2. The molecule has 0 saturated heterocycles. The van der Waals surface area contributed by atoms with Crippen molar-refractivity contribution >= 4 is 51.8 Å². The van der Waals surface area contributed by atoms with Crippen molar-refractivity contribution in [2.24, 2.45) is 5.73 Å². The normalized spacial score (nSPS) is 11.7. The van der Waals surface area contributed by atoms with Crippen LogP contribution in [-0.2, 0) is 26.2 Å². The fourth-order valence-corrected chi connectivity index (χ4v) is 6.62. The van der Waals surface area contributed by atoms with E-state index in [0.29, 0.717) is 77.2 Å². The van der Waals surface area contributed by atoms with E-state index in [1.54, 1.807) is 45.9 Å². The molecular weight excluding hydrogens is 715 g/mol. The summed E-state index contributed by atoms with van der Waals surface area (Å²) in [7, 11) is 0. The van der Waals surface area contributed by atoms with E-state index < -0.39 is 5.91 Å². The number of hydrogen-bond donors (Lipinski definition) is 3. The van der Waals surface area contributed by atoms with Gasteiger partial charge in [-0.15, -0.1) is 0 Å². The highest BCUT2D eigenvalue weighted by molar-refractivity contribution is 6.04. The fraction of sp³-hybridized carbons (Fsp3) is 0.385. The van der Waals surface area contributed by atoms with Crippen molar-refractivity contribution in [1.82, 2.24) is 48.5 Å². The van der Waals surface area contributed by atoms with Gasteiger partial charge in [0.2, 0.25) is 17.8 Å². The zero-order valence-corrected chi connectivity index (χ0v) is 32.7. The molecule has 0 unspecified atom stereocenters. The van der Waals surface area contributed by atoms with Crippen molar-refractivity contribution in [2.45, 2.75) is 74.1 Å². The third-order valence-corrected chi connectivity index (χ3v) is 9.43. The number of nitrogens with zero attached hydrogens (tertiary/aromatic N) is 10. The number of aryl methyl sites for hydroxylation is 4. The lowest BCUT2D eigenvalue weighted by Gasteiger charge is -2.18. The predicted molar refractivity (Wildman–Crippen MR) is 214 cm³/mol. The molecule has 294 valence electrons. The molecule has 0 radical (unpaired) electrons. The minimum atomic E-state index is -0.624. The summed E-state index contributed by atoms with van der Waals surface area (Å²) in [5.41, 5.74) is 10.5. The second-order valence-corrected chi connectivity index (χ2v) is 13.2. The molecule has 0 aliphatic carbocycles. The Morgan fingerprint density at radius 2 is 1.41 bits per heavy atom. The number of amides is 3. The van der Waals surface area contributed by atoms with Crippen LogP contribution < -0.4 is 21.1 Å². The first-order valence-electron chi connectivity index (χ1n) is 18.9. The van der Waals surface area contributed by atoms with Crippen LogP contribution in [0.25, 0.3) is 22.2 Å². The minimum absolute atomic E-state index is 0.236. The Hall–Kier alpha value is -6.36. The Labute approximate surface area is 324 Å². The van der Waals surface area contributed by atoms with Crippen LogP contribution in [-0.4, -0.2) is 92.5 Å². The smallest absolute Gasteiger partial charge is 0.276 e. The molecule has 0 aliphatic rings. The lowest BCUT2D eigenvalue weighted by atomic mass is 10.1. The van der Waals surface area contributed by atoms with E-state index in [-0.39, 0.29) is 29.9 Å². The van der Waals surface area contributed by atoms with Crippen molar-refractivity contribution in [3.8, 4) is 5.75 Å². The van der Waals surface area contributed by atoms with Crippen molar-refractivity contribution in [3.05, 3.63) is 83.1 Å². The van der Waals surface area contributed by atoms with E-state index in [2.05, 4.69) is 49.5 Å². The first kappa shape index (κ1) is 39.3. The molecule has 0 spiro atoms. The van der Waals surface area contributed by atoms with Crippen LogP contribution in [0, 0.1) is 13.8 Å². The van der Waals surface area contributed by atoms with Crippen LogP contribution in [0.2, 0.25) is 0 Å². The van der Waals surface area contributed by atoms with Gasteiger partial charge in [-0.3, -0.25) is 38.9 Å². The molecule has 0 bridgehead atoms. The molecule has 3 amide bonds. The van der Waals surface area contributed by atoms with Crippen LogP contribution in [0.4, 0.5) is 11.9 Å². The number of carbonyl (C=O) groups excluding carboxylic acids is 3. The molecule has 0 aliphatic heterocycles.